The number of rotatable bonds is 3. The molecule has 1 aromatic carbocycles. The minimum atomic E-state index is -1.06. The molecule has 2 N–H and O–H groups in total. The van der Waals surface area contributed by atoms with Gasteiger partial charge in [-0.05, 0) is 47.5 Å². The highest BCUT2D eigenvalue weighted by atomic mass is 79.9. The van der Waals surface area contributed by atoms with Gasteiger partial charge in [-0.25, -0.2) is 0 Å². The Kier molecular flexibility index (Phi) is 4.06. The minimum Gasteiger partial charge on any atom is -0.480 e. The highest BCUT2D eigenvalue weighted by molar-refractivity contribution is 9.10. The number of carboxylic acids is 1. The van der Waals surface area contributed by atoms with Crippen molar-refractivity contribution in [2.75, 3.05) is 0 Å². The van der Waals surface area contributed by atoms with Crippen molar-refractivity contribution >= 4 is 27.8 Å². The van der Waals surface area contributed by atoms with Crippen LogP contribution in [0.15, 0.2) is 22.7 Å². The molecule has 0 aliphatic heterocycles. The van der Waals surface area contributed by atoms with Gasteiger partial charge in [-0.1, -0.05) is 6.07 Å². The number of nitrogens with one attached hydrogen (secondary N) is 1. The molecule has 0 saturated carbocycles. The highest BCUT2D eigenvalue weighted by Crippen LogP contribution is 2.18. The summed E-state index contributed by atoms with van der Waals surface area (Å²) in [6.07, 6.45) is 0. The van der Waals surface area contributed by atoms with Gasteiger partial charge in [-0.15, -0.1) is 0 Å². The van der Waals surface area contributed by atoms with Crippen molar-refractivity contribution < 1.29 is 14.7 Å². The Morgan fingerprint density at radius 2 is 2.06 bits per heavy atom. The van der Waals surface area contributed by atoms with Gasteiger partial charge in [-0.2, -0.15) is 0 Å². The first-order valence-electron chi connectivity index (χ1n) is 4.71. The van der Waals surface area contributed by atoms with Gasteiger partial charge in [0.25, 0.3) is 5.91 Å². The summed E-state index contributed by atoms with van der Waals surface area (Å²) in [5.74, 6) is -1.46. The summed E-state index contributed by atoms with van der Waals surface area (Å²) >= 11 is 3.27. The summed E-state index contributed by atoms with van der Waals surface area (Å²) in [4.78, 5) is 22.3. The Labute approximate surface area is 102 Å². The SMILES string of the molecule is Cc1ccc(C(=O)NC(C)C(=O)O)c(Br)c1. The average molecular weight is 286 g/mol. The molecule has 1 rings (SSSR count). The number of hydrogen-bond acceptors (Lipinski definition) is 2. The normalized spacial score (nSPS) is 11.9. The van der Waals surface area contributed by atoms with Crippen LogP contribution in [-0.4, -0.2) is 23.0 Å². The van der Waals surface area contributed by atoms with Crippen LogP contribution in [0.1, 0.15) is 22.8 Å². The maximum atomic E-state index is 11.7. The number of benzene rings is 1. The van der Waals surface area contributed by atoms with Crippen molar-refractivity contribution in [1.29, 1.82) is 0 Å². The van der Waals surface area contributed by atoms with E-state index < -0.39 is 17.9 Å². The fraction of sp³-hybridized carbons (Fsp3) is 0.273. The van der Waals surface area contributed by atoms with E-state index >= 15 is 0 Å². The number of carbonyl (C=O) groups excluding carboxylic acids is 1. The van der Waals surface area contributed by atoms with Crippen LogP contribution in [0.25, 0.3) is 0 Å². The molecule has 0 spiro atoms. The van der Waals surface area contributed by atoms with Gasteiger partial charge >= 0.3 is 5.97 Å². The number of amides is 1. The second kappa shape index (κ2) is 5.12. The monoisotopic (exact) mass is 285 g/mol. The van der Waals surface area contributed by atoms with Crippen LogP contribution >= 0.6 is 15.9 Å². The average Bonchev–Trinajstić information content (AvgIpc) is 2.16. The van der Waals surface area contributed by atoms with Gasteiger partial charge in [0.2, 0.25) is 0 Å². The van der Waals surface area contributed by atoms with Crippen LogP contribution < -0.4 is 5.32 Å². The summed E-state index contributed by atoms with van der Waals surface area (Å²) in [6.45, 7) is 3.33. The first-order valence-corrected chi connectivity index (χ1v) is 5.51. The highest BCUT2D eigenvalue weighted by Gasteiger charge is 2.16. The second-order valence-electron chi connectivity index (χ2n) is 3.52. The van der Waals surface area contributed by atoms with Crippen LogP contribution in [0.4, 0.5) is 0 Å². The number of aliphatic carboxylic acids is 1. The Hall–Kier alpha value is -1.36. The van der Waals surface area contributed by atoms with E-state index in [9.17, 15) is 9.59 Å². The summed E-state index contributed by atoms with van der Waals surface area (Å²) in [6, 6.07) is 4.36. The zero-order valence-corrected chi connectivity index (χ0v) is 10.5. The largest absolute Gasteiger partial charge is 0.480 e. The first-order chi connectivity index (χ1) is 7.41. The van der Waals surface area contributed by atoms with E-state index in [4.69, 9.17) is 5.11 Å². The number of carbonyl (C=O) groups is 2. The smallest absolute Gasteiger partial charge is 0.325 e. The van der Waals surface area contributed by atoms with Crippen molar-refractivity contribution in [3.8, 4) is 0 Å². The van der Waals surface area contributed by atoms with Gasteiger partial charge in [0.15, 0.2) is 0 Å². The molecule has 0 fully saturated rings. The third-order valence-electron chi connectivity index (χ3n) is 2.09. The van der Waals surface area contributed by atoms with E-state index in [2.05, 4.69) is 21.2 Å². The lowest BCUT2D eigenvalue weighted by atomic mass is 10.1. The molecule has 0 aromatic heterocycles. The number of halogens is 1. The predicted octanol–water partition coefficient (Wildman–Crippen LogP) is 1.96. The Morgan fingerprint density at radius 3 is 2.56 bits per heavy atom. The molecular formula is C11H12BrNO3. The summed E-state index contributed by atoms with van der Waals surface area (Å²) in [7, 11) is 0. The molecule has 1 unspecified atom stereocenters. The third kappa shape index (κ3) is 3.06. The molecule has 1 aromatic rings. The molecule has 0 heterocycles. The van der Waals surface area contributed by atoms with Crippen molar-refractivity contribution in [2.45, 2.75) is 19.9 Å². The van der Waals surface area contributed by atoms with Crippen molar-refractivity contribution in [3.63, 3.8) is 0 Å². The fourth-order valence-electron chi connectivity index (χ4n) is 1.14. The Bertz CT molecular complexity index is 431. The van der Waals surface area contributed by atoms with Crippen molar-refractivity contribution in [3.05, 3.63) is 33.8 Å². The maximum Gasteiger partial charge on any atom is 0.325 e. The number of hydrogen-bond donors (Lipinski definition) is 2. The lowest BCUT2D eigenvalue weighted by Crippen LogP contribution is -2.38. The zero-order chi connectivity index (χ0) is 12.3. The van der Waals surface area contributed by atoms with Gasteiger partial charge in [-0.3, -0.25) is 9.59 Å². The van der Waals surface area contributed by atoms with Crippen molar-refractivity contribution in [2.24, 2.45) is 0 Å². The molecule has 4 nitrogen and oxygen atoms in total. The molecule has 1 amide bonds. The molecule has 0 saturated heterocycles. The van der Waals surface area contributed by atoms with Crippen LogP contribution in [0, 0.1) is 6.92 Å². The molecule has 0 aliphatic carbocycles. The molecular weight excluding hydrogens is 274 g/mol. The van der Waals surface area contributed by atoms with E-state index in [1.807, 2.05) is 6.92 Å². The molecule has 86 valence electrons. The zero-order valence-electron chi connectivity index (χ0n) is 8.95. The Balaban J connectivity index is 2.85. The molecule has 0 bridgehead atoms. The quantitative estimate of drug-likeness (QED) is 0.892. The fourth-order valence-corrected chi connectivity index (χ4v) is 1.81. The van der Waals surface area contributed by atoms with Crippen LogP contribution in [0.3, 0.4) is 0 Å². The number of carboxylic acid groups (broad SMARTS) is 1. The van der Waals surface area contributed by atoms with E-state index in [0.29, 0.717) is 10.0 Å². The van der Waals surface area contributed by atoms with Gasteiger partial charge < -0.3 is 10.4 Å². The minimum absolute atomic E-state index is 0.401. The summed E-state index contributed by atoms with van der Waals surface area (Å²) in [5.41, 5.74) is 1.45. The van der Waals surface area contributed by atoms with Gasteiger partial charge in [0.1, 0.15) is 6.04 Å². The molecule has 0 radical (unpaired) electrons. The molecule has 16 heavy (non-hydrogen) atoms. The third-order valence-corrected chi connectivity index (χ3v) is 2.74. The summed E-state index contributed by atoms with van der Waals surface area (Å²) < 4.78 is 0.655. The summed E-state index contributed by atoms with van der Waals surface area (Å²) in [5, 5.41) is 11.1. The lowest BCUT2D eigenvalue weighted by Gasteiger charge is -2.10. The predicted molar refractivity (Wildman–Crippen MR) is 63.4 cm³/mol. The van der Waals surface area contributed by atoms with Gasteiger partial charge in [0.05, 0.1) is 5.56 Å². The van der Waals surface area contributed by atoms with E-state index in [-0.39, 0.29) is 0 Å². The van der Waals surface area contributed by atoms with Crippen LogP contribution in [0.2, 0.25) is 0 Å². The standard InChI is InChI=1S/C11H12BrNO3/c1-6-3-4-8(9(12)5-6)10(14)13-7(2)11(15)16/h3-5,7H,1-2H3,(H,13,14)(H,15,16). The molecule has 1 atom stereocenters. The second-order valence-corrected chi connectivity index (χ2v) is 4.37. The maximum absolute atomic E-state index is 11.7. The molecule has 0 aliphatic rings. The van der Waals surface area contributed by atoms with E-state index in [1.165, 1.54) is 6.92 Å². The van der Waals surface area contributed by atoms with Crippen molar-refractivity contribution in [1.82, 2.24) is 5.32 Å². The van der Waals surface area contributed by atoms with E-state index in [0.717, 1.165) is 5.56 Å². The topological polar surface area (TPSA) is 66.4 Å². The van der Waals surface area contributed by atoms with Crippen LogP contribution in [-0.2, 0) is 4.79 Å². The van der Waals surface area contributed by atoms with Gasteiger partial charge in [0, 0.05) is 4.47 Å². The first kappa shape index (κ1) is 12.7. The Morgan fingerprint density at radius 1 is 1.44 bits per heavy atom. The van der Waals surface area contributed by atoms with E-state index in [1.54, 1.807) is 18.2 Å². The molecule has 5 heteroatoms. The lowest BCUT2D eigenvalue weighted by molar-refractivity contribution is -0.138. The van der Waals surface area contributed by atoms with Crippen LogP contribution in [0.5, 0.6) is 0 Å². The number of aryl methyl sites for hydroxylation is 1.